The molecule has 1 N–H and O–H groups in total. The highest BCUT2D eigenvalue weighted by atomic mass is 35.5. The van der Waals surface area contributed by atoms with Gasteiger partial charge in [0.25, 0.3) is 5.91 Å². The number of halogens is 1. The Bertz CT molecular complexity index is 1200. The standard InChI is InChI=1S/C23H18ClN3O3/c1-14-4-3-5-17(12-14)23-27-26-22(30-23)16-8-6-15(7-9-16)21(28)25-18-10-11-20(29-2)19(24)13-18/h3-13H,1-2H3,(H,25,28). The van der Waals surface area contributed by atoms with Gasteiger partial charge in [-0.3, -0.25) is 4.79 Å². The van der Waals surface area contributed by atoms with Gasteiger partial charge >= 0.3 is 0 Å². The molecule has 0 radical (unpaired) electrons. The maximum Gasteiger partial charge on any atom is 0.255 e. The van der Waals surface area contributed by atoms with Crippen LogP contribution in [-0.2, 0) is 0 Å². The molecule has 0 fully saturated rings. The summed E-state index contributed by atoms with van der Waals surface area (Å²) in [4.78, 5) is 12.5. The Morgan fingerprint density at radius 1 is 0.967 bits per heavy atom. The third kappa shape index (κ3) is 4.18. The minimum atomic E-state index is -0.256. The van der Waals surface area contributed by atoms with Gasteiger partial charge in [0.15, 0.2) is 0 Å². The number of aryl methyl sites for hydroxylation is 1. The van der Waals surface area contributed by atoms with Crippen molar-refractivity contribution in [2.75, 3.05) is 12.4 Å². The van der Waals surface area contributed by atoms with Gasteiger partial charge < -0.3 is 14.5 Å². The van der Waals surface area contributed by atoms with Gasteiger partial charge in [-0.1, -0.05) is 29.3 Å². The van der Waals surface area contributed by atoms with E-state index in [0.29, 0.717) is 33.8 Å². The molecule has 3 aromatic carbocycles. The van der Waals surface area contributed by atoms with Crippen molar-refractivity contribution in [3.63, 3.8) is 0 Å². The number of ether oxygens (including phenoxy) is 1. The maximum atomic E-state index is 12.5. The number of benzene rings is 3. The normalized spacial score (nSPS) is 10.6. The van der Waals surface area contributed by atoms with E-state index < -0.39 is 0 Å². The van der Waals surface area contributed by atoms with Crippen LogP contribution >= 0.6 is 11.6 Å². The number of aromatic nitrogens is 2. The zero-order chi connectivity index (χ0) is 21.1. The molecular weight excluding hydrogens is 402 g/mol. The summed E-state index contributed by atoms with van der Waals surface area (Å²) in [6.07, 6.45) is 0. The molecule has 4 rings (SSSR count). The average molecular weight is 420 g/mol. The second kappa shape index (κ2) is 8.39. The Hall–Kier alpha value is -3.64. The van der Waals surface area contributed by atoms with Crippen LogP contribution in [0.25, 0.3) is 22.9 Å². The summed E-state index contributed by atoms with van der Waals surface area (Å²) in [5.74, 6) is 1.13. The fourth-order valence-corrected chi connectivity index (χ4v) is 3.20. The van der Waals surface area contributed by atoms with Crippen LogP contribution in [0.3, 0.4) is 0 Å². The Balaban J connectivity index is 1.49. The Morgan fingerprint density at radius 3 is 2.37 bits per heavy atom. The molecule has 0 aliphatic carbocycles. The van der Waals surface area contributed by atoms with Crippen LogP contribution in [0, 0.1) is 6.92 Å². The summed E-state index contributed by atoms with van der Waals surface area (Å²) in [5, 5.41) is 11.5. The lowest BCUT2D eigenvalue weighted by atomic mass is 10.1. The zero-order valence-corrected chi connectivity index (χ0v) is 17.1. The van der Waals surface area contributed by atoms with Gasteiger partial charge in [0.05, 0.1) is 12.1 Å². The number of rotatable bonds is 5. The summed E-state index contributed by atoms with van der Waals surface area (Å²) >= 11 is 6.10. The number of nitrogens with one attached hydrogen (secondary N) is 1. The molecule has 0 aliphatic heterocycles. The first kappa shape index (κ1) is 19.7. The molecule has 30 heavy (non-hydrogen) atoms. The fraction of sp³-hybridized carbons (Fsp3) is 0.0870. The van der Waals surface area contributed by atoms with Crippen LogP contribution in [0.4, 0.5) is 5.69 Å². The summed E-state index contributed by atoms with van der Waals surface area (Å²) < 4.78 is 10.9. The third-order valence-corrected chi connectivity index (χ3v) is 4.79. The van der Waals surface area contributed by atoms with Crippen molar-refractivity contribution in [1.29, 1.82) is 0 Å². The highest BCUT2D eigenvalue weighted by Gasteiger charge is 2.13. The second-order valence-corrected chi connectivity index (χ2v) is 7.07. The van der Waals surface area contributed by atoms with E-state index in [2.05, 4.69) is 15.5 Å². The van der Waals surface area contributed by atoms with Crippen molar-refractivity contribution in [2.24, 2.45) is 0 Å². The van der Waals surface area contributed by atoms with Gasteiger partial charge in [0.2, 0.25) is 11.8 Å². The number of anilines is 1. The second-order valence-electron chi connectivity index (χ2n) is 6.66. The van der Waals surface area contributed by atoms with E-state index in [0.717, 1.165) is 16.7 Å². The molecule has 0 bridgehead atoms. The number of carbonyl (C=O) groups excluding carboxylic acids is 1. The van der Waals surface area contributed by atoms with Crippen molar-refractivity contribution in [2.45, 2.75) is 6.92 Å². The van der Waals surface area contributed by atoms with E-state index in [4.69, 9.17) is 20.8 Å². The van der Waals surface area contributed by atoms with Crippen molar-refractivity contribution in [3.05, 3.63) is 82.9 Å². The lowest BCUT2D eigenvalue weighted by Crippen LogP contribution is -2.11. The van der Waals surface area contributed by atoms with Gasteiger partial charge in [0, 0.05) is 22.4 Å². The predicted octanol–water partition coefficient (Wildman–Crippen LogP) is 5.63. The van der Waals surface area contributed by atoms with E-state index in [9.17, 15) is 4.79 Å². The van der Waals surface area contributed by atoms with Crippen LogP contribution in [0.15, 0.2) is 71.1 Å². The van der Waals surface area contributed by atoms with Gasteiger partial charge in [-0.05, 0) is 61.5 Å². The number of hydrogen-bond donors (Lipinski definition) is 1. The maximum absolute atomic E-state index is 12.5. The Morgan fingerprint density at radius 2 is 1.70 bits per heavy atom. The molecule has 7 heteroatoms. The molecular formula is C23H18ClN3O3. The van der Waals surface area contributed by atoms with E-state index >= 15 is 0 Å². The molecule has 150 valence electrons. The van der Waals surface area contributed by atoms with Crippen LogP contribution in [0.1, 0.15) is 15.9 Å². The average Bonchev–Trinajstić information content (AvgIpc) is 3.24. The molecule has 0 saturated carbocycles. The number of hydrogen-bond acceptors (Lipinski definition) is 5. The van der Waals surface area contributed by atoms with Crippen molar-refractivity contribution < 1.29 is 13.9 Å². The number of methoxy groups -OCH3 is 1. The molecule has 4 aromatic rings. The quantitative estimate of drug-likeness (QED) is 0.453. The van der Waals surface area contributed by atoms with Crippen LogP contribution in [0.2, 0.25) is 5.02 Å². The van der Waals surface area contributed by atoms with E-state index in [1.165, 1.54) is 7.11 Å². The topological polar surface area (TPSA) is 77.2 Å². The first-order chi connectivity index (χ1) is 14.5. The molecule has 0 aliphatic rings. The Kier molecular flexibility index (Phi) is 5.50. The molecule has 0 spiro atoms. The lowest BCUT2D eigenvalue weighted by molar-refractivity contribution is 0.102. The molecule has 1 amide bonds. The summed E-state index contributed by atoms with van der Waals surface area (Å²) in [5.41, 5.74) is 3.77. The molecule has 1 heterocycles. The summed E-state index contributed by atoms with van der Waals surface area (Å²) in [7, 11) is 1.54. The molecule has 0 saturated heterocycles. The minimum Gasteiger partial charge on any atom is -0.495 e. The highest BCUT2D eigenvalue weighted by Crippen LogP contribution is 2.28. The fourth-order valence-electron chi connectivity index (χ4n) is 2.95. The summed E-state index contributed by atoms with van der Waals surface area (Å²) in [6, 6.07) is 19.8. The van der Waals surface area contributed by atoms with Crippen LogP contribution < -0.4 is 10.1 Å². The van der Waals surface area contributed by atoms with E-state index in [1.54, 1.807) is 42.5 Å². The van der Waals surface area contributed by atoms with Gasteiger partial charge in [-0.25, -0.2) is 0 Å². The van der Waals surface area contributed by atoms with E-state index in [1.807, 2.05) is 31.2 Å². The van der Waals surface area contributed by atoms with Gasteiger partial charge in [0.1, 0.15) is 5.75 Å². The third-order valence-electron chi connectivity index (χ3n) is 4.49. The van der Waals surface area contributed by atoms with Crippen molar-refractivity contribution in [3.8, 4) is 28.7 Å². The van der Waals surface area contributed by atoms with Crippen molar-refractivity contribution >= 4 is 23.2 Å². The predicted molar refractivity (Wildman–Crippen MR) is 116 cm³/mol. The van der Waals surface area contributed by atoms with Gasteiger partial charge in [-0.2, -0.15) is 0 Å². The number of carbonyl (C=O) groups is 1. The minimum absolute atomic E-state index is 0.256. The summed E-state index contributed by atoms with van der Waals surface area (Å²) in [6.45, 7) is 2.00. The number of nitrogens with zero attached hydrogens (tertiary/aromatic N) is 2. The highest BCUT2D eigenvalue weighted by molar-refractivity contribution is 6.32. The molecule has 6 nitrogen and oxygen atoms in total. The van der Waals surface area contributed by atoms with Crippen molar-refractivity contribution in [1.82, 2.24) is 10.2 Å². The van der Waals surface area contributed by atoms with E-state index in [-0.39, 0.29) is 5.91 Å². The number of amides is 1. The van der Waals surface area contributed by atoms with Crippen LogP contribution in [0.5, 0.6) is 5.75 Å². The zero-order valence-electron chi connectivity index (χ0n) is 16.3. The smallest absolute Gasteiger partial charge is 0.255 e. The molecule has 1 aromatic heterocycles. The first-order valence-electron chi connectivity index (χ1n) is 9.19. The SMILES string of the molecule is COc1ccc(NC(=O)c2ccc(-c3nnc(-c4cccc(C)c4)o3)cc2)cc1Cl. The first-order valence-corrected chi connectivity index (χ1v) is 9.57. The largest absolute Gasteiger partial charge is 0.495 e. The van der Waals surface area contributed by atoms with Crippen LogP contribution in [-0.4, -0.2) is 23.2 Å². The molecule has 0 unspecified atom stereocenters. The Labute approximate surface area is 178 Å². The lowest BCUT2D eigenvalue weighted by Gasteiger charge is -2.08. The van der Waals surface area contributed by atoms with Gasteiger partial charge in [-0.15, -0.1) is 10.2 Å². The monoisotopic (exact) mass is 419 g/mol. The molecule has 0 atom stereocenters.